The Bertz CT molecular complexity index is 452. The van der Waals surface area contributed by atoms with E-state index >= 15 is 0 Å². The number of ether oxygens (including phenoxy) is 2. The van der Waals surface area contributed by atoms with E-state index in [-0.39, 0.29) is 12.7 Å². The monoisotopic (exact) mass is 277 g/mol. The fourth-order valence-corrected chi connectivity index (χ4v) is 2.19. The fraction of sp³-hybridized carbons (Fsp3) is 0.467. The first-order chi connectivity index (χ1) is 9.70. The Morgan fingerprint density at radius 1 is 1.20 bits per heavy atom. The molecule has 1 aromatic carbocycles. The van der Waals surface area contributed by atoms with Crippen LogP contribution in [-0.2, 0) is 14.3 Å². The van der Waals surface area contributed by atoms with Gasteiger partial charge in [-0.25, -0.2) is 4.79 Å². The molecule has 0 saturated carbocycles. The lowest BCUT2D eigenvalue weighted by atomic mass is 10.1. The van der Waals surface area contributed by atoms with E-state index in [0.717, 1.165) is 18.6 Å². The average Bonchev–Trinajstić information content (AvgIpc) is 2.48. The first-order valence-corrected chi connectivity index (χ1v) is 6.88. The third-order valence-corrected chi connectivity index (χ3v) is 3.23. The van der Waals surface area contributed by atoms with E-state index in [1.165, 1.54) is 4.90 Å². The van der Waals surface area contributed by atoms with Crippen molar-refractivity contribution in [2.75, 3.05) is 19.7 Å². The van der Waals surface area contributed by atoms with Crippen LogP contribution in [0.25, 0.3) is 0 Å². The van der Waals surface area contributed by atoms with E-state index in [1.807, 2.05) is 30.3 Å². The number of esters is 1. The molecule has 1 amide bonds. The number of piperidine rings is 1. The molecule has 108 valence electrons. The van der Waals surface area contributed by atoms with Crippen LogP contribution in [-0.4, -0.2) is 42.6 Å². The summed E-state index contributed by atoms with van der Waals surface area (Å²) in [5.41, 5.74) is 0. The van der Waals surface area contributed by atoms with E-state index < -0.39 is 11.9 Å². The van der Waals surface area contributed by atoms with Crippen LogP contribution in [0.15, 0.2) is 30.3 Å². The van der Waals surface area contributed by atoms with Gasteiger partial charge in [0.15, 0.2) is 0 Å². The van der Waals surface area contributed by atoms with E-state index in [1.54, 1.807) is 6.92 Å². The summed E-state index contributed by atoms with van der Waals surface area (Å²) in [4.78, 5) is 24.7. The molecule has 1 aromatic rings. The topological polar surface area (TPSA) is 55.8 Å². The zero-order chi connectivity index (χ0) is 14.4. The van der Waals surface area contributed by atoms with Crippen molar-refractivity contribution >= 4 is 11.9 Å². The predicted octanol–water partition coefficient (Wildman–Crippen LogP) is 1.62. The Balaban J connectivity index is 1.80. The Labute approximate surface area is 118 Å². The number of hydrogen-bond acceptors (Lipinski definition) is 4. The van der Waals surface area contributed by atoms with Crippen molar-refractivity contribution in [2.45, 2.75) is 25.9 Å². The molecular formula is C15H19NO4. The van der Waals surface area contributed by atoms with Gasteiger partial charge in [-0.3, -0.25) is 4.79 Å². The highest BCUT2D eigenvalue weighted by Gasteiger charge is 2.28. The zero-order valence-electron chi connectivity index (χ0n) is 11.6. The summed E-state index contributed by atoms with van der Waals surface area (Å²) in [7, 11) is 0. The number of benzene rings is 1. The Hall–Kier alpha value is -2.04. The number of carbonyl (C=O) groups excluding carboxylic acids is 2. The van der Waals surface area contributed by atoms with Crippen LogP contribution in [0.3, 0.4) is 0 Å². The molecule has 0 atom stereocenters. The minimum atomic E-state index is -0.769. The van der Waals surface area contributed by atoms with Crippen molar-refractivity contribution in [3.05, 3.63) is 30.3 Å². The lowest BCUT2D eigenvalue weighted by molar-refractivity contribution is -0.160. The first kappa shape index (κ1) is 14.4. The standard InChI is InChI=1S/C15H19NO4/c1-2-19-15(18)14(17)16-10-8-13(9-11-16)20-12-6-4-3-5-7-12/h3-7,13H,2,8-11H2,1H3. The molecule has 1 heterocycles. The van der Waals surface area contributed by atoms with Gasteiger partial charge in [0.05, 0.1) is 6.61 Å². The Morgan fingerprint density at radius 2 is 1.85 bits per heavy atom. The van der Waals surface area contributed by atoms with Gasteiger partial charge >= 0.3 is 11.9 Å². The van der Waals surface area contributed by atoms with Crippen LogP contribution < -0.4 is 4.74 Å². The summed E-state index contributed by atoms with van der Waals surface area (Å²) >= 11 is 0. The Kier molecular flexibility index (Phi) is 4.98. The minimum Gasteiger partial charge on any atom is -0.490 e. The number of carbonyl (C=O) groups is 2. The van der Waals surface area contributed by atoms with Gasteiger partial charge in [0.2, 0.25) is 0 Å². The van der Waals surface area contributed by atoms with Gasteiger partial charge in [-0.2, -0.15) is 0 Å². The van der Waals surface area contributed by atoms with Crippen molar-refractivity contribution in [1.82, 2.24) is 4.90 Å². The molecule has 2 rings (SSSR count). The summed E-state index contributed by atoms with van der Waals surface area (Å²) in [6.45, 7) is 2.95. The second kappa shape index (κ2) is 6.93. The molecule has 0 N–H and O–H groups in total. The highest BCUT2D eigenvalue weighted by Crippen LogP contribution is 2.18. The van der Waals surface area contributed by atoms with E-state index in [9.17, 15) is 9.59 Å². The lowest BCUT2D eigenvalue weighted by Gasteiger charge is -2.31. The number of rotatable bonds is 3. The van der Waals surface area contributed by atoms with Gasteiger partial charge in [-0.05, 0) is 19.1 Å². The highest BCUT2D eigenvalue weighted by atomic mass is 16.5. The van der Waals surface area contributed by atoms with Crippen LogP contribution in [0.5, 0.6) is 5.75 Å². The molecular weight excluding hydrogens is 258 g/mol. The molecule has 20 heavy (non-hydrogen) atoms. The second-order valence-corrected chi connectivity index (χ2v) is 4.64. The molecule has 0 spiro atoms. The molecule has 1 aliphatic heterocycles. The van der Waals surface area contributed by atoms with Gasteiger partial charge in [-0.1, -0.05) is 18.2 Å². The van der Waals surface area contributed by atoms with Gasteiger partial charge in [0.1, 0.15) is 11.9 Å². The minimum absolute atomic E-state index is 0.0867. The maximum absolute atomic E-state index is 11.8. The summed E-state index contributed by atoms with van der Waals surface area (Å²) in [6, 6.07) is 9.61. The van der Waals surface area contributed by atoms with Gasteiger partial charge < -0.3 is 14.4 Å². The van der Waals surface area contributed by atoms with Gasteiger partial charge in [0.25, 0.3) is 0 Å². The largest absolute Gasteiger partial charge is 0.490 e. The molecule has 0 aromatic heterocycles. The number of nitrogens with zero attached hydrogens (tertiary/aromatic N) is 1. The molecule has 0 bridgehead atoms. The van der Waals surface area contributed by atoms with Crippen LogP contribution in [0.2, 0.25) is 0 Å². The number of para-hydroxylation sites is 1. The van der Waals surface area contributed by atoms with Gasteiger partial charge in [-0.15, -0.1) is 0 Å². The van der Waals surface area contributed by atoms with Crippen molar-refractivity contribution in [3.8, 4) is 5.75 Å². The number of amides is 1. The number of likely N-dealkylation sites (tertiary alicyclic amines) is 1. The summed E-state index contributed by atoms with van der Waals surface area (Å²) in [5.74, 6) is -0.484. The summed E-state index contributed by atoms with van der Waals surface area (Å²) < 4.78 is 10.6. The van der Waals surface area contributed by atoms with Crippen LogP contribution in [0.4, 0.5) is 0 Å². The fourth-order valence-electron chi connectivity index (χ4n) is 2.19. The van der Waals surface area contributed by atoms with Crippen molar-refractivity contribution < 1.29 is 19.1 Å². The van der Waals surface area contributed by atoms with Crippen molar-refractivity contribution in [2.24, 2.45) is 0 Å². The first-order valence-electron chi connectivity index (χ1n) is 6.88. The molecule has 5 heteroatoms. The second-order valence-electron chi connectivity index (χ2n) is 4.64. The third-order valence-electron chi connectivity index (χ3n) is 3.23. The maximum atomic E-state index is 11.8. The summed E-state index contributed by atoms with van der Waals surface area (Å²) in [6.07, 6.45) is 1.53. The van der Waals surface area contributed by atoms with Crippen molar-refractivity contribution in [3.63, 3.8) is 0 Å². The quantitative estimate of drug-likeness (QED) is 0.622. The van der Waals surface area contributed by atoms with E-state index in [2.05, 4.69) is 0 Å². The number of hydrogen-bond donors (Lipinski definition) is 0. The molecule has 1 fully saturated rings. The van der Waals surface area contributed by atoms with Crippen LogP contribution >= 0.6 is 0 Å². The summed E-state index contributed by atoms with van der Waals surface area (Å²) in [5, 5.41) is 0. The molecule has 0 aliphatic carbocycles. The maximum Gasteiger partial charge on any atom is 0.397 e. The average molecular weight is 277 g/mol. The third kappa shape index (κ3) is 3.73. The molecule has 0 unspecified atom stereocenters. The predicted molar refractivity (Wildman–Crippen MR) is 73.3 cm³/mol. The Morgan fingerprint density at radius 3 is 2.45 bits per heavy atom. The SMILES string of the molecule is CCOC(=O)C(=O)N1CCC(Oc2ccccc2)CC1. The smallest absolute Gasteiger partial charge is 0.397 e. The normalized spacial score (nSPS) is 15.8. The van der Waals surface area contributed by atoms with Gasteiger partial charge in [0, 0.05) is 25.9 Å². The van der Waals surface area contributed by atoms with E-state index in [0.29, 0.717) is 13.1 Å². The van der Waals surface area contributed by atoms with Crippen LogP contribution in [0.1, 0.15) is 19.8 Å². The van der Waals surface area contributed by atoms with Crippen molar-refractivity contribution in [1.29, 1.82) is 0 Å². The van der Waals surface area contributed by atoms with Crippen LogP contribution in [0, 0.1) is 0 Å². The molecule has 5 nitrogen and oxygen atoms in total. The zero-order valence-corrected chi connectivity index (χ0v) is 11.6. The molecule has 1 saturated heterocycles. The molecule has 0 radical (unpaired) electrons. The molecule has 1 aliphatic rings. The highest BCUT2D eigenvalue weighted by molar-refractivity contribution is 6.32. The van der Waals surface area contributed by atoms with E-state index in [4.69, 9.17) is 9.47 Å². The lowest BCUT2D eigenvalue weighted by Crippen LogP contribution is -2.45.